The lowest BCUT2D eigenvalue weighted by Crippen LogP contribution is -2.18. The minimum absolute atomic E-state index is 0.110. The fourth-order valence-corrected chi connectivity index (χ4v) is 5.26. The van der Waals surface area contributed by atoms with Crippen LogP contribution in [0.4, 0.5) is 8.78 Å². The van der Waals surface area contributed by atoms with E-state index in [9.17, 15) is 8.78 Å². The van der Waals surface area contributed by atoms with Gasteiger partial charge in [0.25, 0.3) is 0 Å². The van der Waals surface area contributed by atoms with Crippen LogP contribution in [0.15, 0.2) is 22.9 Å². The maximum atomic E-state index is 12.9. The second-order valence-corrected chi connectivity index (χ2v) is 9.03. The standard InChI is InChI=1S/C25H28F2N4O3/c1-13(12-33-25(26)27)31-23-17-10-21(32-4)18(22-14(2)30-34-15(22)3)9-19(17)28-11-20(23)29-24(31)16-7-5-6-8-16/h9-11,13,16,25H,5-8,12H2,1-4H3/t13-/m0/s1. The molecule has 0 amide bonds. The average Bonchev–Trinajstić information content (AvgIpc) is 3.55. The lowest BCUT2D eigenvalue weighted by molar-refractivity contribution is -0.135. The number of fused-ring (bicyclic) bond motifs is 3. The number of methoxy groups -OCH3 is 1. The second kappa shape index (κ2) is 8.94. The molecule has 0 bridgehead atoms. The highest BCUT2D eigenvalue weighted by atomic mass is 19.3. The molecule has 1 aromatic carbocycles. The Morgan fingerprint density at radius 1 is 1.18 bits per heavy atom. The number of imidazole rings is 1. The molecule has 0 spiro atoms. The number of rotatable bonds is 7. The van der Waals surface area contributed by atoms with E-state index in [1.165, 1.54) is 0 Å². The lowest BCUT2D eigenvalue weighted by atomic mass is 10.0. The molecule has 34 heavy (non-hydrogen) atoms. The monoisotopic (exact) mass is 470 g/mol. The highest BCUT2D eigenvalue weighted by Gasteiger charge is 2.28. The molecule has 9 heteroatoms. The maximum absolute atomic E-state index is 12.9. The summed E-state index contributed by atoms with van der Waals surface area (Å²) in [6.07, 6.45) is 6.12. The Kier molecular flexibility index (Phi) is 5.97. The molecule has 7 nitrogen and oxygen atoms in total. The van der Waals surface area contributed by atoms with Gasteiger partial charge in [-0.15, -0.1) is 0 Å². The van der Waals surface area contributed by atoms with Crippen LogP contribution in [0, 0.1) is 13.8 Å². The summed E-state index contributed by atoms with van der Waals surface area (Å²) in [6, 6.07) is 3.59. The number of halogens is 2. The van der Waals surface area contributed by atoms with E-state index in [0.717, 1.165) is 70.3 Å². The largest absolute Gasteiger partial charge is 0.496 e. The third-order valence-electron chi connectivity index (χ3n) is 6.79. The van der Waals surface area contributed by atoms with Crippen molar-refractivity contribution in [3.05, 3.63) is 35.6 Å². The Morgan fingerprint density at radius 2 is 1.94 bits per heavy atom. The summed E-state index contributed by atoms with van der Waals surface area (Å²) in [5.41, 5.74) is 4.84. The number of aryl methyl sites for hydroxylation is 2. The summed E-state index contributed by atoms with van der Waals surface area (Å²) < 4.78 is 43.6. The molecule has 1 aliphatic carbocycles. The van der Waals surface area contributed by atoms with E-state index in [4.69, 9.17) is 24.0 Å². The van der Waals surface area contributed by atoms with Crippen molar-refractivity contribution in [3.63, 3.8) is 0 Å². The molecule has 1 saturated carbocycles. The number of hydrogen-bond donors (Lipinski definition) is 0. The Labute approximate surface area is 196 Å². The number of hydrogen-bond acceptors (Lipinski definition) is 6. The van der Waals surface area contributed by atoms with Crippen molar-refractivity contribution in [1.82, 2.24) is 19.7 Å². The van der Waals surface area contributed by atoms with Gasteiger partial charge < -0.3 is 18.6 Å². The molecule has 1 aliphatic rings. The number of nitrogens with zero attached hydrogens (tertiary/aromatic N) is 4. The molecule has 1 fully saturated rings. The highest BCUT2D eigenvalue weighted by molar-refractivity contribution is 6.05. The molecule has 0 saturated heterocycles. The van der Waals surface area contributed by atoms with Crippen molar-refractivity contribution in [2.75, 3.05) is 13.7 Å². The number of ether oxygens (including phenoxy) is 2. The van der Waals surface area contributed by atoms with Crippen LogP contribution in [0.3, 0.4) is 0 Å². The molecular weight excluding hydrogens is 442 g/mol. The van der Waals surface area contributed by atoms with Gasteiger partial charge in [-0.1, -0.05) is 18.0 Å². The van der Waals surface area contributed by atoms with Gasteiger partial charge in [0.15, 0.2) is 0 Å². The SMILES string of the molecule is COc1cc2c(cc1-c1c(C)noc1C)ncc1nc(C3CCCC3)n([C@@H](C)COC(F)F)c12. The zero-order valence-corrected chi connectivity index (χ0v) is 19.8. The number of aromatic nitrogens is 4. The average molecular weight is 471 g/mol. The van der Waals surface area contributed by atoms with Crippen LogP contribution >= 0.6 is 0 Å². The van der Waals surface area contributed by atoms with E-state index >= 15 is 0 Å². The maximum Gasteiger partial charge on any atom is 0.345 e. The minimum atomic E-state index is -2.82. The van der Waals surface area contributed by atoms with Crippen LogP contribution in [0.2, 0.25) is 0 Å². The normalized spacial score (nSPS) is 15.7. The van der Waals surface area contributed by atoms with Crippen LogP contribution in [-0.2, 0) is 4.74 Å². The number of alkyl halides is 2. The van der Waals surface area contributed by atoms with Crippen LogP contribution < -0.4 is 4.74 Å². The summed E-state index contributed by atoms with van der Waals surface area (Å²) in [5.74, 6) is 2.56. The molecule has 3 aromatic heterocycles. The first-order valence-electron chi connectivity index (χ1n) is 11.6. The summed E-state index contributed by atoms with van der Waals surface area (Å²) in [4.78, 5) is 9.64. The summed E-state index contributed by atoms with van der Waals surface area (Å²) in [7, 11) is 1.62. The third-order valence-corrected chi connectivity index (χ3v) is 6.79. The van der Waals surface area contributed by atoms with Crippen LogP contribution in [-0.4, -0.2) is 40.0 Å². The molecule has 180 valence electrons. The summed E-state index contributed by atoms with van der Waals surface area (Å²) in [6.45, 7) is 2.72. The molecule has 0 radical (unpaired) electrons. The quantitative estimate of drug-likeness (QED) is 0.314. The smallest absolute Gasteiger partial charge is 0.345 e. The van der Waals surface area contributed by atoms with Crippen LogP contribution in [0.1, 0.15) is 61.8 Å². The minimum Gasteiger partial charge on any atom is -0.496 e. The molecule has 4 aromatic rings. The first-order chi connectivity index (χ1) is 16.4. The van der Waals surface area contributed by atoms with E-state index in [2.05, 4.69) is 9.72 Å². The fourth-order valence-electron chi connectivity index (χ4n) is 5.26. The molecule has 3 heterocycles. The van der Waals surface area contributed by atoms with E-state index in [1.807, 2.05) is 32.9 Å². The van der Waals surface area contributed by atoms with Crippen molar-refractivity contribution in [1.29, 1.82) is 0 Å². The number of pyridine rings is 1. The molecule has 0 aliphatic heterocycles. The Hall–Kier alpha value is -3.07. The first-order valence-corrected chi connectivity index (χ1v) is 11.6. The van der Waals surface area contributed by atoms with E-state index in [1.54, 1.807) is 13.3 Å². The van der Waals surface area contributed by atoms with Gasteiger partial charge in [-0.2, -0.15) is 8.78 Å². The topological polar surface area (TPSA) is 75.2 Å². The van der Waals surface area contributed by atoms with Crippen molar-refractivity contribution >= 4 is 21.9 Å². The van der Waals surface area contributed by atoms with Crippen molar-refractivity contribution in [2.24, 2.45) is 0 Å². The van der Waals surface area contributed by atoms with E-state index < -0.39 is 6.61 Å². The van der Waals surface area contributed by atoms with Gasteiger partial charge in [0.2, 0.25) is 0 Å². The summed E-state index contributed by atoms with van der Waals surface area (Å²) >= 11 is 0. The van der Waals surface area contributed by atoms with Gasteiger partial charge in [-0.25, -0.2) is 4.98 Å². The van der Waals surface area contributed by atoms with Gasteiger partial charge in [-0.3, -0.25) is 4.98 Å². The van der Waals surface area contributed by atoms with Crippen LogP contribution in [0.5, 0.6) is 5.75 Å². The molecule has 1 atom stereocenters. The molecule has 0 N–H and O–H groups in total. The van der Waals surface area contributed by atoms with Crippen LogP contribution in [0.25, 0.3) is 33.1 Å². The molecule has 5 rings (SSSR count). The highest BCUT2D eigenvalue weighted by Crippen LogP contribution is 2.42. The van der Waals surface area contributed by atoms with E-state index in [0.29, 0.717) is 17.4 Å². The Bertz CT molecular complexity index is 1320. The first kappa shape index (κ1) is 22.7. The predicted octanol–water partition coefficient (Wildman–Crippen LogP) is 6.32. The molecular formula is C25H28F2N4O3. The predicted molar refractivity (Wildman–Crippen MR) is 124 cm³/mol. The Morgan fingerprint density at radius 3 is 2.59 bits per heavy atom. The number of benzene rings is 1. The van der Waals surface area contributed by atoms with Gasteiger partial charge >= 0.3 is 6.61 Å². The zero-order valence-electron chi connectivity index (χ0n) is 19.8. The lowest BCUT2D eigenvalue weighted by Gasteiger charge is -2.21. The second-order valence-electron chi connectivity index (χ2n) is 9.03. The zero-order chi connectivity index (χ0) is 24.0. The van der Waals surface area contributed by atoms with E-state index in [-0.39, 0.29) is 12.6 Å². The fraction of sp³-hybridized carbons (Fsp3) is 0.480. The summed E-state index contributed by atoms with van der Waals surface area (Å²) in [5, 5.41) is 4.93. The van der Waals surface area contributed by atoms with Gasteiger partial charge in [0.05, 0.1) is 48.2 Å². The van der Waals surface area contributed by atoms with Crippen molar-refractivity contribution < 1.29 is 22.8 Å². The third kappa shape index (κ3) is 3.81. The van der Waals surface area contributed by atoms with Gasteiger partial charge in [0.1, 0.15) is 22.9 Å². The van der Waals surface area contributed by atoms with Crippen molar-refractivity contribution in [2.45, 2.75) is 65.0 Å². The van der Waals surface area contributed by atoms with Gasteiger partial charge in [-0.05, 0) is 45.7 Å². The van der Waals surface area contributed by atoms with Crippen molar-refractivity contribution in [3.8, 4) is 16.9 Å². The van der Waals surface area contributed by atoms with Gasteiger partial charge in [0, 0.05) is 16.9 Å². The Balaban J connectivity index is 1.75. The molecule has 0 unspecified atom stereocenters.